The van der Waals surface area contributed by atoms with E-state index in [1.54, 1.807) is 22.6 Å². The summed E-state index contributed by atoms with van der Waals surface area (Å²) in [6.45, 7) is 0. The zero-order valence-electron chi connectivity index (χ0n) is 5.19. The number of halogens is 4. The Labute approximate surface area is 74.8 Å². The van der Waals surface area contributed by atoms with Gasteiger partial charge in [-0.15, -0.1) is 0 Å². The molecule has 0 N–H and O–H groups in total. The maximum atomic E-state index is 12.3. The molecule has 0 aromatic carbocycles. The fourth-order valence-electron chi connectivity index (χ4n) is 0.579. The van der Waals surface area contributed by atoms with Crippen LogP contribution in [-0.4, -0.2) is 4.98 Å². The molecule has 0 amide bonds. The zero-order valence-corrected chi connectivity index (χ0v) is 7.35. The third-order valence-electron chi connectivity index (χ3n) is 1.08. The normalized spacial score (nSPS) is 10.6. The number of rotatable bonds is 1. The molecule has 0 saturated heterocycles. The number of alkyl halides is 2. The van der Waals surface area contributed by atoms with E-state index in [0.717, 1.165) is 12.3 Å². The van der Waals surface area contributed by atoms with Gasteiger partial charge >= 0.3 is 0 Å². The van der Waals surface area contributed by atoms with Gasteiger partial charge in [0.05, 0.1) is 0 Å². The first-order valence-electron chi connectivity index (χ1n) is 2.70. The first kappa shape index (κ1) is 8.76. The fraction of sp³-hybridized carbons (Fsp3) is 0.167. The standard InChI is InChI=1S/C6H3F3IN/c7-5-1-4(10)3(2-11-5)6(8)9/h1-2,6H. The molecule has 0 unspecified atom stereocenters. The molecule has 1 heterocycles. The van der Waals surface area contributed by atoms with Crippen molar-refractivity contribution < 1.29 is 13.2 Å². The highest BCUT2D eigenvalue weighted by Gasteiger charge is 2.11. The predicted molar refractivity (Wildman–Crippen MR) is 41.9 cm³/mol. The van der Waals surface area contributed by atoms with Gasteiger partial charge in [-0.2, -0.15) is 4.39 Å². The van der Waals surface area contributed by atoms with Gasteiger partial charge in [-0.25, -0.2) is 13.8 Å². The van der Waals surface area contributed by atoms with E-state index in [1.165, 1.54) is 0 Å². The number of aromatic nitrogens is 1. The van der Waals surface area contributed by atoms with Crippen LogP contribution in [0.4, 0.5) is 13.2 Å². The lowest BCUT2D eigenvalue weighted by Crippen LogP contribution is -1.93. The van der Waals surface area contributed by atoms with Crippen molar-refractivity contribution in [3.8, 4) is 0 Å². The van der Waals surface area contributed by atoms with Crippen molar-refractivity contribution in [1.29, 1.82) is 0 Å². The van der Waals surface area contributed by atoms with Crippen LogP contribution >= 0.6 is 22.6 Å². The van der Waals surface area contributed by atoms with Crippen LogP contribution in [0.25, 0.3) is 0 Å². The molecule has 0 atom stereocenters. The van der Waals surface area contributed by atoms with E-state index in [-0.39, 0.29) is 9.13 Å². The van der Waals surface area contributed by atoms with Crippen LogP contribution in [0, 0.1) is 9.52 Å². The molecule has 0 radical (unpaired) electrons. The molecule has 1 aromatic rings. The minimum absolute atomic E-state index is 0.199. The Hall–Kier alpha value is -0.330. The molecule has 0 bridgehead atoms. The molecule has 0 fully saturated rings. The Morgan fingerprint density at radius 3 is 2.55 bits per heavy atom. The molecule has 0 aliphatic heterocycles. The first-order chi connectivity index (χ1) is 5.11. The van der Waals surface area contributed by atoms with Crippen LogP contribution in [0.3, 0.4) is 0 Å². The highest BCUT2D eigenvalue weighted by molar-refractivity contribution is 14.1. The van der Waals surface area contributed by atoms with Crippen LogP contribution in [0.15, 0.2) is 12.3 Å². The molecule has 5 heteroatoms. The second kappa shape index (κ2) is 3.38. The SMILES string of the molecule is Fc1cc(I)c(C(F)F)cn1. The number of hydrogen-bond donors (Lipinski definition) is 0. The average Bonchev–Trinajstić information content (AvgIpc) is 1.85. The molecular weight excluding hydrogens is 270 g/mol. The van der Waals surface area contributed by atoms with Gasteiger partial charge in [0.1, 0.15) is 0 Å². The van der Waals surface area contributed by atoms with Crippen molar-refractivity contribution in [1.82, 2.24) is 4.98 Å². The zero-order chi connectivity index (χ0) is 8.43. The Balaban J connectivity index is 3.09. The van der Waals surface area contributed by atoms with Gasteiger partial charge in [0.2, 0.25) is 5.95 Å². The molecule has 0 aliphatic rings. The van der Waals surface area contributed by atoms with Crippen molar-refractivity contribution in [2.75, 3.05) is 0 Å². The van der Waals surface area contributed by atoms with Gasteiger partial charge in [0.25, 0.3) is 6.43 Å². The minimum atomic E-state index is -2.59. The summed E-state index contributed by atoms with van der Waals surface area (Å²) in [5.41, 5.74) is -0.230. The molecule has 60 valence electrons. The second-order valence-corrected chi connectivity index (χ2v) is 2.99. The summed E-state index contributed by atoms with van der Waals surface area (Å²) in [4.78, 5) is 3.11. The number of pyridine rings is 1. The summed E-state index contributed by atoms with van der Waals surface area (Å²) < 4.78 is 36.4. The van der Waals surface area contributed by atoms with Gasteiger partial charge in [-0.05, 0) is 22.6 Å². The monoisotopic (exact) mass is 273 g/mol. The molecule has 1 aromatic heterocycles. The van der Waals surface area contributed by atoms with Crippen molar-refractivity contribution in [3.05, 3.63) is 27.3 Å². The van der Waals surface area contributed by atoms with Crippen molar-refractivity contribution in [2.45, 2.75) is 6.43 Å². The number of nitrogens with zero attached hydrogens (tertiary/aromatic N) is 1. The third kappa shape index (κ3) is 2.05. The Bertz CT molecular complexity index is 264. The van der Waals surface area contributed by atoms with Gasteiger partial charge in [0, 0.05) is 21.4 Å². The smallest absolute Gasteiger partial charge is 0.228 e. The van der Waals surface area contributed by atoms with Crippen molar-refractivity contribution in [3.63, 3.8) is 0 Å². The van der Waals surface area contributed by atoms with Gasteiger partial charge in [-0.3, -0.25) is 0 Å². The lowest BCUT2D eigenvalue weighted by atomic mass is 10.3. The number of hydrogen-bond acceptors (Lipinski definition) is 1. The maximum Gasteiger partial charge on any atom is 0.266 e. The van der Waals surface area contributed by atoms with E-state index in [0.29, 0.717) is 0 Å². The summed E-state index contributed by atoms with van der Waals surface area (Å²) >= 11 is 1.64. The molecule has 1 rings (SSSR count). The Morgan fingerprint density at radius 2 is 2.09 bits per heavy atom. The predicted octanol–water partition coefficient (Wildman–Crippen LogP) is 2.76. The molecule has 0 aliphatic carbocycles. The molecule has 0 spiro atoms. The van der Waals surface area contributed by atoms with E-state index in [1.807, 2.05) is 0 Å². The Kier molecular flexibility index (Phi) is 2.69. The summed E-state index contributed by atoms with van der Waals surface area (Å²) in [5.74, 6) is -0.737. The van der Waals surface area contributed by atoms with Crippen LogP contribution in [-0.2, 0) is 0 Å². The summed E-state index contributed by atoms with van der Waals surface area (Å²) in [7, 11) is 0. The quantitative estimate of drug-likeness (QED) is 0.566. The molecule has 1 nitrogen and oxygen atoms in total. The molecular formula is C6H3F3IN. The fourth-order valence-corrected chi connectivity index (χ4v) is 1.21. The molecule has 11 heavy (non-hydrogen) atoms. The van der Waals surface area contributed by atoms with Crippen LogP contribution in [0.1, 0.15) is 12.0 Å². The van der Waals surface area contributed by atoms with Crippen molar-refractivity contribution >= 4 is 22.6 Å². The van der Waals surface area contributed by atoms with E-state index in [2.05, 4.69) is 4.98 Å². The summed E-state index contributed by atoms with van der Waals surface area (Å²) in [5, 5.41) is 0. The van der Waals surface area contributed by atoms with E-state index < -0.39 is 12.4 Å². The van der Waals surface area contributed by atoms with E-state index >= 15 is 0 Å². The van der Waals surface area contributed by atoms with Gasteiger partial charge in [0.15, 0.2) is 0 Å². The van der Waals surface area contributed by atoms with Crippen molar-refractivity contribution in [2.24, 2.45) is 0 Å². The van der Waals surface area contributed by atoms with Gasteiger partial charge in [-0.1, -0.05) is 0 Å². The van der Waals surface area contributed by atoms with E-state index in [4.69, 9.17) is 0 Å². The van der Waals surface area contributed by atoms with Crippen LogP contribution in [0.5, 0.6) is 0 Å². The Morgan fingerprint density at radius 1 is 1.45 bits per heavy atom. The topological polar surface area (TPSA) is 12.9 Å². The van der Waals surface area contributed by atoms with Crippen LogP contribution < -0.4 is 0 Å². The maximum absolute atomic E-state index is 12.3. The highest BCUT2D eigenvalue weighted by Crippen LogP contribution is 2.23. The third-order valence-corrected chi connectivity index (χ3v) is 2.02. The molecule has 0 saturated carbocycles. The summed E-state index contributed by atoms with van der Waals surface area (Å²) in [6.07, 6.45) is -1.74. The van der Waals surface area contributed by atoms with Crippen LogP contribution in [0.2, 0.25) is 0 Å². The minimum Gasteiger partial charge on any atom is -0.228 e. The summed E-state index contributed by atoms with van der Waals surface area (Å²) in [6, 6.07) is 0.974. The second-order valence-electron chi connectivity index (χ2n) is 1.83. The lowest BCUT2D eigenvalue weighted by Gasteiger charge is -2.00. The average molecular weight is 273 g/mol. The largest absolute Gasteiger partial charge is 0.266 e. The van der Waals surface area contributed by atoms with Gasteiger partial charge < -0.3 is 0 Å². The lowest BCUT2D eigenvalue weighted by molar-refractivity contribution is 0.149. The highest BCUT2D eigenvalue weighted by atomic mass is 127. The van der Waals surface area contributed by atoms with E-state index in [9.17, 15) is 13.2 Å². The first-order valence-corrected chi connectivity index (χ1v) is 3.78.